The number of ether oxygens (including phenoxy) is 1. The van der Waals surface area contributed by atoms with E-state index in [1.54, 1.807) is 11.8 Å². The lowest BCUT2D eigenvalue weighted by molar-refractivity contribution is -0.138. The van der Waals surface area contributed by atoms with Crippen molar-refractivity contribution in [2.75, 3.05) is 18.9 Å². The fourth-order valence-corrected chi connectivity index (χ4v) is 6.32. The molecule has 0 amide bonds. The standard InChI is InChI=1S/C24H25NO2S2/c1-2-27-24(26)20-14-9-16-25-22(20)29-21(19-12-7-4-8-13-19)23(25)28-17-15-18-10-5-3-6-11-18/h3-8,10-13H,2,9,14-17H2,1H3. The van der Waals surface area contributed by atoms with Gasteiger partial charge in [0, 0.05) is 12.3 Å². The van der Waals surface area contributed by atoms with Crippen LogP contribution in [-0.2, 0) is 16.0 Å². The summed E-state index contributed by atoms with van der Waals surface area (Å²) >= 11 is 3.62. The summed E-state index contributed by atoms with van der Waals surface area (Å²) in [5, 5.41) is 2.34. The second-order valence-electron chi connectivity index (χ2n) is 6.95. The summed E-state index contributed by atoms with van der Waals surface area (Å²) < 4.78 is 5.34. The number of benzene rings is 2. The Morgan fingerprint density at radius 3 is 2.55 bits per heavy atom. The van der Waals surface area contributed by atoms with E-state index in [-0.39, 0.29) is 5.97 Å². The van der Waals surface area contributed by atoms with Crippen LogP contribution in [0.15, 0.2) is 76.3 Å². The Kier molecular flexibility index (Phi) is 6.67. The third-order valence-electron chi connectivity index (χ3n) is 4.98. The van der Waals surface area contributed by atoms with Crippen LogP contribution < -0.4 is 0 Å². The van der Waals surface area contributed by atoms with E-state index >= 15 is 0 Å². The third kappa shape index (κ3) is 4.57. The van der Waals surface area contributed by atoms with Gasteiger partial charge in [-0.15, -0.1) is 11.8 Å². The van der Waals surface area contributed by atoms with E-state index in [0.717, 1.165) is 42.2 Å². The van der Waals surface area contributed by atoms with Crippen molar-refractivity contribution in [2.24, 2.45) is 0 Å². The Labute approximate surface area is 181 Å². The van der Waals surface area contributed by atoms with E-state index in [0.29, 0.717) is 6.61 Å². The molecule has 0 unspecified atom stereocenters. The summed E-state index contributed by atoms with van der Waals surface area (Å²) in [6.45, 7) is 3.23. The van der Waals surface area contributed by atoms with E-state index in [1.807, 2.05) is 24.8 Å². The summed E-state index contributed by atoms with van der Waals surface area (Å²) in [5.74, 6) is 0.844. The molecule has 29 heavy (non-hydrogen) atoms. The number of aryl methyl sites for hydroxylation is 1. The van der Waals surface area contributed by atoms with Gasteiger partial charge in [-0.1, -0.05) is 72.4 Å². The van der Waals surface area contributed by atoms with Gasteiger partial charge in [0.15, 0.2) is 0 Å². The minimum atomic E-state index is -0.164. The number of carbonyl (C=O) groups is 1. The molecular weight excluding hydrogens is 398 g/mol. The molecule has 4 rings (SSSR count). The zero-order valence-corrected chi connectivity index (χ0v) is 18.2. The van der Waals surface area contributed by atoms with Gasteiger partial charge < -0.3 is 9.64 Å². The summed E-state index contributed by atoms with van der Waals surface area (Å²) in [5.41, 5.74) is 3.40. The average molecular weight is 424 g/mol. The number of esters is 1. The molecule has 0 radical (unpaired) electrons. The van der Waals surface area contributed by atoms with Crippen molar-refractivity contribution in [1.82, 2.24) is 4.90 Å². The molecule has 0 saturated heterocycles. The first kappa shape index (κ1) is 20.2. The molecule has 0 N–H and O–H groups in total. The summed E-state index contributed by atoms with van der Waals surface area (Å²) in [6, 6.07) is 21.1. The van der Waals surface area contributed by atoms with Crippen molar-refractivity contribution >= 4 is 34.4 Å². The molecule has 0 atom stereocenters. The van der Waals surface area contributed by atoms with Gasteiger partial charge in [0.05, 0.1) is 27.1 Å². The maximum Gasteiger partial charge on any atom is 0.336 e. The molecule has 0 aromatic heterocycles. The van der Waals surface area contributed by atoms with E-state index < -0.39 is 0 Å². The first-order chi connectivity index (χ1) is 14.3. The number of hydrogen-bond donors (Lipinski definition) is 0. The van der Waals surface area contributed by atoms with Crippen LogP contribution in [0, 0.1) is 0 Å². The van der Waals surface area contributed by atoms with Crippen LogP contribution >= 0.6 is 23.5 Å². The van der Waals surface area contributed by atoms with Crippen LogP contribution in [-0.4, -0.2) is 29.8 Å². The highest BCUT2D eigenvalue weighted by molar-refractivity contribution is 8.14. The second kappa shape index (κ2) is 9.59. The highest BCUT2D eigenvalue weighted by Gasteiger charge is 2.36. The van der Waals surface area contributed by atoms with Crippen LogP contribution in [0.4, 0.5) is 0 Å². The topological polar surface area (TPSA) is 29.5 Å². The first-order valence-electron chi connectivity index (χ1n) is 10.1. The highest BCUT2D eigenvalue weighted by atomic mass is 32.2. The zero-order valence-electron chi connectivity index (χ0n) is 16.6. The number of thioether (sulfide) groups is 2. The Hall–Kier alpha value is -2.11. The Morgan fingerprint density at radius 2 is 1.83 bits per heavy atom. The maximum absolute atomic E-state index is 12.5. The Morgan fingerprint density at radius 1 is 1.10 bits per heavy atom. The highest BCUT2D eigenvalue weighted by Crippen LogP contribution is 2.53. The molecular formula is C24H25NO2S2. The summed E-state index contributed by atoms with van der Waals surface area (Å²) in [6.07, 6.45) is 2.80. The molecule has 2 aromatic rings. The van der Waals surface area contributed by atoms with E-state index in [9.17, 15) is 4.79 Å². The molecule has 2 aliphatic heterocycles. The quantitative estimate of drug-likeness (QED) is 0.517. The SMILES string of the molecule is CCOC(=O)C1=C2SC(c3ccccc3)=C(SCCc3ccccc3)N2CCC1. The molecule has 0 aliphatic carbocycles. The van der Waals surface area contributed by atoms with Crippen LogP contribution in [0.1, 0.15) is 30.9 Å². The minimum absolute atomic E-state index is 0.164. The van der Waals surface area contributed by atoms with Crippen molar-refractivity contribution < 1.29 is 9.53 Å². The van der Waals surface area contributed by atoms with Gasteiger partial charge >= 0.3 is 5.97 Å². The predicted octanol–water partition coefficient (Wildman–Crippen LogP) is 5.91. The first-order valence-corrected chi connectivity index (χ1v) is 11.9. The van der Waals surface area contributed by atoms with Crippen LogP contribution in [0.3, 0.4) is 0 Å². The number of hydrogen-bond acceptors (Lipinski definition) is 5. The average Bonchev–Trinajstić information content (AvgIpc) is 3.14. The monoisotopic (exact) mass is 423 g/mol. The third-order valence-corrected chi connectivity index (χ3v) is 7.51. The molecule has 0 fully saturated rings. The smallest absolute Gasteiger partial charge is 0.336 e. The number of nitrogens with zero attached hydrogens (tertiary/aromatic N) is 1. The van der Waals surface area contributed by atoms with Crippen molar-refractivity contribution in [3.8, 4) is 0 Å². The van der Waals surface area contributed by atoms with Crippen molar-refractivity contribution in [3.63, 3.8) is 0 Å². The summed E-state index contributed by atoms with van der Waals surface area (Å²) in [7, 11) is 0. The van der Waals surface area contributed by atoms with E-state index in [2.05, 4.69) is 59.5 Å². The molecule has 2 aromatic carbocycles. The van der Waals surface area contributed by atoms with E-state index in [1.165, 1.54) is 21.1 Å². The van der Waals surface area contributed by atoms with Gasteiger partial charge in [-0.05, 0) is 37.3 Å². The van der Waals surface area contributed by atoms with Crippen molar-refractivity contribution in [1.29, 1.82) is 0 Å². The Balaban J connectivity index is 1.62. The van der Waals surface area contributed by atoms with Gasteiger partial charge in [-0.2, -0.15) is 0 Å². The fraction of sp³-hybridized carbons (Fsp3) is 0.292. The number of rotatable bonds is 7. The molecule has 2 aliphatic rings. The largest absolute Gasteiger partial charge is 0.463 e. The van der Waals surface area contributed by atoms with Gasteiger partial charge in [-0.25, -0.2) is 4.79 Å². The molecule has 5 heteroatoms. The molecule has 0 spiro atoms. The van der Waals surface area contributed by atoms with Gasteiger partial charge in [0.25, 0.3) is 0 Å². The van der Waals surface area contributed by atoms with Crippen molar-refractivity contribution in [3.05, 3.63) is 87.4 Å². The van der Waals surface area contributed by atoms with Crippen LogP contribution in [0.25, 0.3) is 4.91 Å². The summed E-state index contributed by atoms with van der Waals surface area (Å²) in [4.78, 5) is 16.1. The van der Waals surface area contributed by atoms with Gasteiger partial charge in [-0.3, -0.25) is 0 Å². The Bertz CT molecular complexity index is 922. The van der Waals surface area contributed by atoms with Gasteiger partial charge in [0.1, 0.15) is 0 Å². The lowest BCUT2D eigenvalue weighted by Gasteiger charge is -2.28. The zero-order chi connectivity index (χ0) is 20.1. The van der Waals surface area contributed by atoms with Crippen LogP contribution in [0.5, 0.6) is 0 Å². The lowest BCUT2D eigenvalue weighted by Crippen LogP contribution is -2.26. The molecule has 150 valence electrons. The van der Waals surface area contributed by atoms with Gasteiger partial charge in [0.2, 0.25) is 0 Å². The molecule has 0 bridgehead atoms. The fourth-order valence-electron chi connectivity index (χ4n) is 3.59. The number of fused-ring (bicyclic) bond motifs is 1. The molecule has 0 saturated carbocycles. The number of carbonyl (C=O) groups excluding carboxylic acids is 1. The van der Waals surface area contributed by atoms with Crippen LogP contribution in [0.2, 0.25) is 0 Å². The lowest BCUT2D eigenvalue weighted by atomic mass is 10.1. The molecule has 2 heterocycles. The minimum Gasteiger partial charge on any atom is -0.463 e. The van der Waals surface area contributed by atoms with Crippen molar-refractivity contribution in [2.45, 2.75) is 26.2 Å². The molecule has 3 nitrogen and oxygen atoms in total. The predicted molar refractivity (Wildman–Crippen MR) is 123 cm³/mol. The van der Waals surface area contributed by atoms with E-state index in [4.69, 9.17) is 4.74 Å². The normalized spacial score (nSPS) is 16.2. The second-order valence-corrected chi connectivity index (χ2v) is 9.03. The maximum atomic E-state index is 12.5.